The van der Waals surface area contributed by atoms with E-state index in [4.69, 9.17) is 0 Å². The van der Waals surface area contributed by atoms with Gasteiger partial charge >= 0.3 is 0 Å². The first-order valence-electron chi connectivity index (χ1n) is 7.63. The van der Waals surface area contributed by atoms with Crippen LogP contribution in [0.4, 0.5) is 0 Å². The monoisotopic (exact) mass is 345 g/mol. The molecule has 0 spiro atoms. The van der Waals surface area contributed by atoms with Gasteiger partial charge in [-0.25, -0.2) is 13.5 Å². The first kappa shape index (κ1) is 19.6. The molecule has 0 atom stereocenters. The van der Waals surface area contributed by atoms with Gasteiger partial charge in [0.15, 0.2) is 5.82 Å². The molecule has 0 radical (unpaired) electrons. The van der Waals surface area contributed by atoms with E-state index in [9.17, 15) is 13.2 Å². The van der Waals surface area contributed by atoms with Gasteiger partial charge in [-0.1, -0.05) is 34.1 Å². The second-order valence-corrected chi connectivity index (χ2v) is 8.55. The van der Waals surface area contributed by atoms with E-state index in [0.29, 0.717) is 12.2 Å². The first-order valence-corrected chi connectivity index (χ1v) is 9.07. The van der Waals surface area contributed by atoms with Gasteiger partial charge < -0.3 is 4.90 Å². The molecule has 1 aromatic rings. The van der Waals surface area contributed by atoms with Crippen molar-refractivity contribution in [1.82, 2.24) is 24.4 Å². The molecule has 0 saturated heterocycles. The van der Waals surface area contributed by atoms with E-state index in [1.54, 1.807) is 14.1 Å². The number of unbranched alkanes of at least 4 members (excludes halogenated alkanes) is 1. The molecule has 0 saturated carbocycles. The Morgan fingerprint density at radius 1 is 1.26 bits per heavy atom. The van der Waals surface area contributed by atoms with E-state index in [0.717, 1.165) is 10.7 Å². The van der Waals surface area contributed by atoms with Crippen molar-refractivity contribution < 1.29 is 13.2 Å². The average Bonchev–Trinajstić information content (AvgIpc) is 2.93. The van der Waals surface area contributed by atoms with Gasteiger partial charge in [0.1, 0.15) is 0 Å². The number of carbonyl (C=O) groups is 1. The molecule has 1 amide bonds. The van der Waals surface area contributed by atoms with Gasteiger partial charge in [-0.05, 0) is 6.42 Å². The number of H-pyrrole nitrogens is 1. The maximum Gasteiger partial charge on any atom is 0.278 e. The summed E-state index contributed by atoms with van der Waals surface area (Å²) in [6.45, 7) is 7.72. The maximum absolute atomic E-state index is 12.8. The lowest BCUT2D eigenvalue weighted by molar-refractivity contribution is -0.128. The highest BCUT2D eigenvalue weighted by molar-refractivity contribution is 7.89. The molecule has 1 N–H and O–H groups in total. The van der Waals surface area contributed by atoms with Gasteiger partial charge in [-0.2, -0.15) is 14.4 Å². The van der Waals surface area contributed by atoms with Crippen LogP contribution >= 0.6 is 0 Å². The maximum atomic E-state index is 12.8. The van der Waals surface area contributed by atoms with E-state index in [1.165, 1.54) is 4.90 Å². The summed E-state index contributed by atoms with van der Waals surface area (Å²) < 4.78 is 26.7. The van der Waals surface area contributed by atoms with E-state index in [-0.39, 0.29) is 29.6 Å². The van der Waals surface area contributed by atoms with Crippen molar-refractivity contribution in [2.24, 2.45) is 0 Å². The standard InChI is InChI=1S/C14H27N5O3S/c1-7-8-9-19(10-11(20)18(5)6)23(21,22)13-15-12(16-17-13)14(2,3)4/h7-10H2,1-6H3,(H,15,16,17). The van der Waals surface area contributed by atoms with Crippen LogP contribution in [-0.4, -0.2) is 65.9 Å². The molecular weight excluding hydrogens is 318 g/mol. The molecular formula is C14H27N5O3S. The highest BCUT2D eigenvalue weighted by atomic mass is 32.2. The Hall–Kier alpha value is -1.48. The molecule has 8 nitrogen and oxygen atoms in total. The topological polar surface area (TPSA) is 99.3 Å². The molecule has 132 valence electrons. The van der Waals surface area contributed by atoms with Crippen molar-refractivity contribution in [1.29, 1.82) is 0 Å². The number of amides is 1. The SMILES string of the molecule is CCCCN(CC(=O)N(C)C)S(=O)(=O)c1nc(C(C)(C)C)n[nH]1. The largest absolute Gasteiger partial charge is 0.348 e. The molecule has 0 aliphatic heterocycles. The van der Waals surface area contributed by atoms with Gasteiger partial charge in [-0.15, -0.1) is 0 Å². The zero-order chi connectivity index (χ0) is 17.8. The Morgan fingerprint density at radius 3 is 2.30 bits per heavy atom. The van der Waals surface area contributed by atoms with Crippen LogP contribution in [-0.2, 0) is 20.2 Å². The molecule has 23 heavy (non-hydrogen) atoms. The zero-order valence-corrected chi connectivity index (χ0v) is 15.6. The second kappa shape index (κ2) is 7.39. The fourth-order valence-corrected chi connectivity index (χ4v) is 2.99. The molecule has 1 aromatic heterocycles. The third-order valence-electron chi connectivity index (χ3n) is 3.29. The lowest BCUT2D eigenvalue weighted by Crippen LogP contribution is -2.41. The summed E-state index contributed by atoms with van der Waals surface area (Å²) in [4.78, 5) is 17.4. The summed E-state index contributed by atoms with van der Waals surface area (Å²) in [5.74, 6) is 0.144. The molecule has 0 aliphatic carbocycles. The summed E-state index contributed by atoms with van der Waals surface area (Å²) in [6, 6.07) is 0. The van der Waals surface area contributed by atoms with Gasteiger partial charge in [0.2, 0.25) is 5.91 Å². The number of likely N-dealkylation sites (N-methyl/N-ethyl adjacent to an activating group) is 1. The highest BCUT2D eigenvalue weighted by Gasteiger charge is 2.31. The van der Waals surface area contributed by atoms with E-state index in [1.807, 2.05) is 27.7 Å². The van der Waals surface area contributed by atoms with Crippen molar-refractivity contribution in [3.63, 3.8) is 0 Å². The Kier molecular flexibility index (Phi) is 6.29. The number of rotatable bonds is 7. The molecule has 1 heterocycles. The minimum Gasteiger partial charge on any atom is -0.348 e. The van der Waals surface area contributed by atoms with Gasteiger partial charge in [0, 0.05) is 26.1 Å². The number of hydrogen-bond donors (Lipinski definition) is 1. The summed E-state index contributed by atoms with van der Waals surface area (Å²) in [5.41, 5.74) is -0.363. The fraction of sp³-hybridized carbons (Fsp3) is 0.786. The summed E-state index contributed by atoms with van der Waals surface area (Å²) >= 11 is 0. The van der Waals surface area contributed by atoms with Crippen LogP contribution < -0.4 is 0 Å². The molecule has 0 aromatic carbocycles. The fourth-order valence-electron chi connectivity index (χ4n) is 1.73. The number of sulfonamides is 1. The lowest BCUT2D eigenvalue weighted by Gasteiger charge is -2.21. The van der Waals surface area contributed by atoms with Crippen LogP contribution in [0.15, 0.2) is 5.16 Å². The smallest absolute Gasteiger partial charge is 0.278 e. The predicted molar refractivity (Wildman–Crippen MR) is 87.4 cm³/mol. The highest BCUT2D eigenvalue weighted by Crippen LogP contribution is 2.20. The average molecular weight is 345 g/mol. The van der Waals surface area contributed by atoms with Crippen molar-refractivity contribution in [2.45, 2.75) is 51.1 Å². The Labute approximate surface area is 138 Å². The van der Waals surface area contributed by atoms with Crippen LogP contribution in [0, 0.1) is 0 Å². The van der Waals surface area contributed by atoms with Crippen LogP contribution in [0.3, 0.4) is 0 Å². The van der Waals surface area contributed by atoms with Crippen LogP contribution in [0.5, 0.6) is 0 Å². The number of carbonyl (C=O) groups excluding carboxylic acids is 1. The van der Waals surface area contributed by atoms with Crippen LogP contribution in [0.1, 0.15) is 46.4 Å². The Morgan fingerprint density at radius 2 is 1.87 bits per heavy atom. The second-order valence-electron chi connectivity index (χ2n) is 6.69. The molecule has 1 rings (SSSR count). The first-order chi connectivity index (χ1) is 10.5. The number of hydrogen-bond acceptors (Lipinski definition) is 5. The number of aromatic nitrogens is 3. The summed E-state index contributed by atoms with van der Waals surface area (Å²) in [5, 5.41) is 6.27. The van der Waals surface area contributed by atoms with E-state index in [2.05, 4.69) is 15.2 Å². The molecule has 0 fully saturated rings. The molecule has 0 bridgehead atoms. The van der Waals surface area contributed by atoms with Crippen LogP contribution in [0.2, 0.25) is 0 Å². The zero-order valence-electron chi connectivity index (χ0n) is 14.8. The number of aromatic amines is 1. The lowest BCUT2D eigenvalue weighted by atomic mass is 9.96. The Bertz CT molecular complexity index is 631. The number of nitrogens with zero attached hydrogens (tertiary/aromatic N) is 4. The van der Waals surface area contributed by atoms with Crippen molar-refractivity contribution in [3.8, 4) is 0 Å². The van der Waals surface area contributed by atoms with Crippen LogP contribution in [0.25, 0.3) is 0 Å². The van der Waals surface area contributed by atoms with Crippen molar-refractivity contribution in [3.05, 3.63) is 5.82 Å². The number of nitrogens with one attached hydrogen (secondary N) is 1. The van der Waals surface area contributed by atoms with Crippen molar-refractivity contribution in [2.75, 3.05) is 27.2 Å². The normalized spacial score (nSPS) is 12.7. The third-order valence-corrected chi connectivity index (χ3v) is 4.95. The predicted octanol–water partition coefficient (Wildman–Crippen LogP) is 0.981. The van der Waals surface area contributed by atoms with Gasteiger partial charge in [0.05, 0.1) is 6.54 Å². The molecule has 0 unspecified atom stereocenters. The van der Waals surface area contributed by atoms with Gasteiger partial charge in [-0.3, -0.25) is 4.79 Å². The van der Waals surface area contributed by atoms with Crippen molar-refractivity contribution >= 4 is 15.9 Å². The van der Waals surface area contributed by atoms with E-state index >= 15 is 0 Å². The summed E-state index contributed by atoms with van der Waals surface area (Å²) in [6.07, 6.45) is 1.49. The quantitative estimate of drug-likeness (QED) is 0.794. The van der Waals surface area contributed by atoms with E-state index < -0.39 is 10.0 Å². The minimum atomic E-state index is -3.88. The molecule has 0 aliphatic rings. The summed E-state index contributed by atoms with van der Waals surface area (Å²) in [7, 11) is -0.692. The minimum absolute atomic E-state index is 0.207. The molecule has 9 heteroatoms. The van der Waals surface area contributed by atoms with Gasteiger partial charge in [0.25, 0.3) is 15.2 Å². The third kappa shape index (κ3) is 5.00. The Balaban J connectivity index is 3.11.